The van der Waals surface area contributed by atoms with Gasteiger partial charge in [-0.3, -0.25) is 4.79 Å². The van der Waals surface area contributed by atoms with Gasteiger partial charge >= 0.3 is 0 Å². The van der Waals surface area contributed by atoms with Crippen molar-refractivity contribution in [3.05, 3.63) is 34.6 Å². The summed E-state index contributed by atoms with van der Waals surface area (Å²) in [6.45, 7) is 0. The van der Waals surface area contributed by atoms with Crippen LogP contribution in [-0.2, 0) is 0 Å². The van der Waals surface area contributed by atoms with E-state index in [1.54, 1.807) is 18.4 Å². The van der Waals surface area contributed by atoms with Crippen LogP contribution in [0.25, 0.3) is 10.9 Å². The average Bonchev–Trinajstić information content (AvgIpc) is 2.18. The first-order valence-electron chi connectivity index (χ1n) is 4.12. The van der Waals surface area contributed by atoms with Gasteiger partial charge in [-0.05, 0) is 18.4 Å². The number of para-hydroxylation sites is 1. The lowest BCUT2D eigenvalue weighted by Gasteiger charge is -2.03. The van der Waals surface area contributed by atoms with Gasteiger partial charge in [-0.2, -0.15) is 0 Å². The Morgan fingerprint density at radius 2 is 2.07 bits per heavy atom. The number of fused-ring (bicyclic) bond motifs is 1. The summed E-state index contributed by atoms with van der Waals surface area (Å²) in [4.78, 5) is 14.5. The van der Waals surface area contributed by atoms with Gasteiger partial charge < -0.3 is 10.1 Å². The first kappa shape index (κ1) is 9.15. The SMILES string of the molecule is CSc1c(O)c2ccccc2[nH]c1=O. The summed E-state index contributed by atoms with van der Waals surface area (Å²) in [5.74, 6) is 0.0665. The van der Waals surface area contributed by atoms with Gasteiger partial charge in [0.25, 0.3) is 5.56 Å². The Kier molecular flexibility index (Phi) is 2.21. The van der Waals surface area contributed by atoms with Crippen LogP contribution in [-0.4, -0.2) is 16.3 Å². The molecule has 1 aromatic heterocycles. The number of aromatic nitrogens is 1. The maximum Gasteiger partial charge on any atom is 0.265 e. The number of H-pyrrole nitrogens is 1. The second-order valence-corrected chi connectivity index (χ2v) is 3.70. The summed E-state index contributed by atoms with van der Waals surface area (Å²) in [5, 5.41) is 10.5. The fraction of sp³-hybridized carbons (Fsp3) is 0.100. The van der Waals surface area contributed by atoms with Crippen LogP contribution >= 0.6 is 11.8 Å². The van der Waals surface area contributed by atoms with Crippen molar-refractivity contribution in [2.45, 2.75) is 4.90 Å². The molecule has 0 amide bonds. The summed E-state index contributed by atoms with van der Waals surface area (Å²) < 4.78 is 0. The van der Waals surface area contributed by atoms with E-state index in [0.29, 0.717) is 15.8 Å². The van der Waals surface area contributed by atoms with E-state index in [2.05, 4.69) is 4.98 Å². The molecule has 0 aliphatic heterocycles. The van der Waals surface area contributed by atoms with Crippen molar-refractivity contribution in [1.82, 2.24) is 4.98 Å². The second-order valence-electron chi connectivity index (χ2n) is 2.88. The summed E-state index contributed by atoms with van der Waals surface area (Å²) in [7, 11) is 0. The molecule has 4 heteroatoms. The third-order valence-corrected chi connectivity index (χ3v) is 2.84. The van der Waals surface area contributed by atoms with Gasteiger partial charge in [0, 0.05) is 5.39 Å². The number of nitrogens with one attached hydrogen (secondary N) is 1. The lowest BCUT2D eigenvalue weighted by atomic mass is 10.2. The highest BCUT2D eigenvalue weighted by atomic mass is 32.2. The third-order valence-electron chi connectivity index (χ3n) is 2.06. The lowest BCUT2D eigenvalue weighted by molar-refractivity contribution is 0.467. The fourth-order valence-electron chi connectivity index (χ4n) is 1.40. The molecule has 2 aromatic rings. The maximum absolute atomic E-state index is 11.4. The van der Waals surface area contributed by atoms with Gasteiger partial charge in [0.1, 0.15) is 10.6 Å². The van der Waals surface area contributed by atoms with Gasteiger partial charge in [0.2, 0.25) is 0 Å². The van der Waals surface area contributed by atoms with Crippen LogP contribution in [0, 0.1) is 0 Å². The molecule has 2 rings (SSSR count). The lowest BCUT2D eigenvalue weighted by Crippen LogP contribution is -2.07. The largest absolute Gasteiger partial charge is 0.506 e. The number of aromatic hydroxyl groups is 1. The zero-order valence-electron chi connectivity index (χ0n) is 7.57. The third kappa shape index (κ3) is 1.28. The minimum Gasteiger partial charge on any atom is -0.506 e. The molecular formula is C10H9NO2S. The molecule has 0 unspecified atom stereocenters. The van der Waals surface area contributed by atoms with E-state index in [1.807, 2.05) is 12.1 Å². The van der Waals surface area contributed by atoms with Crippen molar-refractivity contribution < 1.29 is 5.11 Å². The van der Waals surface area contributed by atoms with Crippen LogP contribution in [0.1, 0.15) is 0 Å². The minimum absolute atomic E-state index is 0.0665. The first-order valence-corrected chi connectivity index (χ1v) is 5.34. The highest BCUT2D eigenvalue weighted by Gasteiger charge is 2.09. The van der Waals surface area contributed by atoms with Crippen LogP contribution in [0.3, 0.4) is 0 Å². The predicted octanol–water partition coefficient (Wildman–Crippen LogP) is 1.96. The Hall–Kier alpha value is -1.42. The number of pyridine rings is 1. The molecule has 0 aliphatic carbocycles. The Morgan fingerprint density at radius 1 is 1.36 bits per heavy atom. The Bertz CT molecular complexity index is 533. The van der Waals surface area contributed by atoms with Crippen LogP contribution in [0.15, 0.2) is 34.0 Å². The van der Waals surface area contributed by atoms with Gasteiger partial charge in [-0.15, -0.1) is 11.8 Å². The summed E-state index contributed by atoms with van der Waals surface area (Å²) in [6, 6.07) is 7.18. The van der Waals surface area contributed by atoms with E-state index in [1.165, 1.54) is 11.8 Å². The predicted molar refractivity (Wildman–Crippen MR) is 58.0 cm³/mol. The van der Waals surface area contributed by atoms with Crippen molar-refractivity contribution in [1.29, 1.82) is 0 Å². The van der Waals surface area contributed by atoms with Gasteiger partial charge in [0.15, 0.2) is 0 Å². The number of aromatic amines is 1. The molecule has 0 atom stereocenters. The molecular weight excluding hydrogens is 198 g/mol. The molecule has 0 spiro atoms. The Balaban J connectivity index is 2.93. The minimum atomic E-state index is -0.242. The molecule has 0 fully saturated rings. The topological polar surface area (TPSA) is 53.1 Å². The highest BCUT2D eigenvalue weighted by Crippen LogP contribution is 2.29. The maximum atomic E-state index is 11.4. The standard InChI is InChI=1S/C10H9NO2S/c1-14-9-8(12)6-4-2-3-5-7(6)11-10(9)13/h2-5H,1H3,(H2,11,12,13). The number of thioether (sulfide) groups is 1. The van der Waals surface area contributed by atoms with E-state index < -0.39 is 0 Å². The van der Waals surface area contributed by atoms with Gasteiger partial charge in [-0.25, -0.2) is 0 Å². The van der Waals surface area contributed by atoms with Gasteiger partial charge in [0.05, 0.1) is 5.52 Å². The molecule has 1 aromatic carbocycles. The van der Waals surface area contributed by atoms with E-state index in [0.717, 1.165) is 0 Å². The summed E-state index contributed by atoms with van der Waals surface area (Å²) >= 11 is 1.24. The molecule has 72 valence electrons. The highest BCUT2D eigenvalue weighted by molar-refractivity contribution is 7.98. The van der Waals surface area contributed by atoms with E-state index in [9.17, 15) is 9.90 Å². The number of benzene rings is 1. The molecule has 0 bridgehead atoms. The van der Waals surface area contributed by atoms with E-state index in [4.69, 9.17) is 0 Å². The number of hydrogen-bond donors (Lipinski definition) is 2. The van der Waals surface area contributed by atoms with E-state index in [-0.39, 0.29) is 11.3 Å². The van der Waals surface area contributed by atoms with Crippen molar-refractivity contribution in [2.75, 3.05) is 6.26 Å². The zero-order valence-corrected chi connectivity index (χ0v) is 8.39. The molecule has 2 N–H and O–H groups in total. The molecule has 1 heterocycles. The first-order chi connectivity index (χ1) is 6.74. The average molecular weight is 207 g/mol. The van der Waals surface area contributed by atoms with Crippen LogP contribution in [0.4, 0.5) is 0 Å². The van der Waals surface area contributed by atoms with Crippen molar-refractivity contribution in [2.24, 2.45) is 0 Å². The monoisotopic (exact) mass is 207 g/mol. The van der Waals surface area contributed by atoms with Crippen molar-refractivity contribution in [3.8, 4) is 5.75 Å². The normalized spacial score (nSPS) is 10.6. The summed E-state index contributed by atoms with van der Waals surface area (Å²) in [6.07, 6.45) is 1.76. The molecule has 0 saturated carbocycles. The smallest absolute Gasteiger partial charge is 0.265 e. The molecule has 0 radical (unpaired) electrons. The Labute approximate surface area is 84.8 Å². The fourth-order valence-corrected chi connectivity index (χ4v) is 1.94. The Morgan fingerprint density at radius 3 is 2.79 bits per heavy atom. The van der Waals surface area contributed by atoms with Crippen molar-refractivity contribution >= 4 is 22.7 Å². The molecule has 0 aliphatic rings. The zero-order chi connectivity index (χ0) is 10.1. The summed E-state index contributed by atoms with van der Waals surface area (Å²) in [5.41, 5.74) is 0.418. The second kappa shape index (κ2) is 3.38. The number of rotatable bonds is 1. The quantitative estimate of drug-likeness (QED) is 0.703. The van der Waals surface area contributed by atoms with Crippen LogP contribution in [0.5, 0.6) is 5.75 Å². The van der Waals surface area contributed by atoms with Crippen LogP contribution < -0.4 is 5.56 Å². The van der Waals surface area contributed by atoms with Crippen LogP contribution in [0.2, 0.25) is 0 Å². The van der Waals surface area contributed by atoms with E-state index >= 15 is 0 Å². The van der Waals surface area contributed by atoms with Gasteiger partial charge in [-0.1, -0.05) is 12.1 Å². The molecule has 14 heavy (non-hydrogen) atoms. The molecule has 3 nitrogen and oxygen atoms in total. The number of hydrogen-bond acceptors (Lipinski definition) is 3. The van der Waals surface area contributed by atoms with Crippen molar-refractivity contribution in [3.63, 3.8) is 0 Å². The molecule has 0 saturated heterocycles.